The van der Waals surface area contributed by atoms with Gasteiger partial charge in [-0.3, -0.25) is 4.79 Å². The fraction of sp³-hybridized carbons (Fsp3) is 0.667. The fourth-order valence-corrected chi connectivity index (χ4v) is 3.07. The van der Waals surface area contributed by atoms with Crippen LogP contribution in [0, 0.1) is 5.92 Å². The number of furan rings is 1. The van der Waals surface area contributed by atoms with Crippen LogP contribution in [0.3, 0.4) is 0 Å². The number of hydrogen-bond acceptors (Lipinski definition) is 2. The normalized spacial score (nSPS) is 27.2. The van der Waals surface area contributed by atoms with Crippen molar-refractivity contribution in [3.05, 3.63) is 23.7 Å². The van der Waals surface area contributed by atoms with Gasteiger partial charge < -0.3 is 9.73 Å². The van der Waals surface area contributed by atoms with Gasteiger partial charge in [-0.25, -0.2) is 0 Å². The zero-order valence-corrected chi connectivity index (χ0v) is 12.4. The van der Waals surface area contributed by atoms with Crippen LogP contribution in [0.2, 0.25) is 0 Å². The number of nitrogens with one attached hydrogen (secondary N) is 1. The summed E-state index contributed by atoms with van der Waals surface area (Å²) in [4.78, 5) is 12.4. The Labute approximate surface area is 119 Å². The third-order valence-electron chi connectivity index (χ3n) is 4.18. The Morgan fingerprint density at radius 3 is 2.79 bits per heavy atom. The molecule has 1 heterocycles. The Morgan fingerprint density at radius 2 is 2.21 bits per heavy atom. The highest BCUT2D eigenvalue weighted by Crippen LogP contribution is 2.33. The van der Waals surface area contributed by atoms with Crippen molar-refractivity contribution in [1.29, 1.82) is 0 Å². The Kier molecular flexibility index (Phi) is 4.56. The van der Waals surface area contributed by atoms with E-state index >= 15 is 0 Å². The lowest BCUT2D eigenvalue weighted by Gasteiger charge is -2.38. The topological polar surface area (TPSA) is 42.2 Å². The first-order chi connectivity index (χ1) is 9.10. The zero-order chi connectivity index (χ0) is 13.9. The number of rotatable bonds is 4. The van der Waals surface area contributed by atoms with E-state index in [1.165, 1.54) is 0 Å². The van der Waals surface area contributed by atoms with Crippen LogP contribution in [0.15, 0.2) is 16.7 Å². The molecular formula is C15H22ClNO2. The molecule has 0 atom stereocenters. The molecule has 1 aromatic heterocycles. The first-order valence-corrected chi connectivity index (χ1v) is 7.58. The van der Waals surface area contributed by atoms with E-state index in [0.29, 0.717) is 11.4 Å². The molecule has 0 spiro atoms. The van der Waals surface area contributed by atoms with E-state index in [0.717, 1.165) is 43.8 Å². The average Bonchev–Trinajstić information content (AvgIpc) is 2.90. The third-order valence-corrected chi connectivity index (χ3v) is 4.69. The molecule has 1 saturated carbocycles. The highest BCUT2D eigenvalue weighted by Gasteiger charge is 2.35. The van der Waals surface area contributed by atoms with E-state index in [-0.39, 0.29) is 11.4 Å². The molecule has 106 valence electrons. The molecule has 1 aliphatic carbocycles. The minimum absolute atomic E-state index is 0.0548. The van der Waals surface area contributed by atoms with E-state index in [1.807, 2.05) is 6.92 Å². The standard InChI is InChI=1S/C15H22ClNO2/c1-3-13-12(6-9-19-13)14(18)17-15(10-16)7-4-11(2)5-8-15/h6,9,11H,3-5,7-8,10H2,1-2H3,(H,17,18). The summed E-state index contributed by atoms with van der Waals surface area (Å²) in [6.45, 7) is 4.24. The number of halogens is 1. The Bertz CT molecular complexity index is 433. The molecule has 1 aromatic rings. The Balaban J connectivity index is 2.08. The van der Waals surface area contributed by atoms with Crippen LogP contribution in [0.25, 0.3) is 0 Å². The van der Waals surface area contributed by atoms with Gasteiger partial charge in [-0.1, -0.05) is 13.8 Å². The SMILES string of the molecule is CCc1occc1C(=O)NC1(CCl)CCC(C)CC1. The molecule has 2 rings (SSSR count). The molecule has 1 aliphatic rings. The van der Waals surface area contributed by atoms with E-state index < -0.39 is 0 Å². The summed E-state index contributed by atoms with van der Waals surface area (Å²) in [6, 6.07) is 1.74. The van der Waals surface area contributed by atoms with E-state index in [4.69, 9.17) is 16.0 Å². The van der Waals surface area contributed by atoms with Crippen molar-refractivity contribution < 1.29 is 9.21 Å². The Morgan fingerprint density at radius 1 is 1.53 bits per heavy atom. The van der Waals surface area contributed by atoms with Crippen molar-refractivity contribution >= 4 is 17.5 Å². The molecule has 19 heavy (non-hydrogen) atoms. The van der Waals surface area contributed by atoms with Crippen molar-refractivity contribution in [2.45, 2.75) is 51.5 Å². The summed E-state index contributed by atoms with van der Waals surface area (Å²) >= 11 is 6.13. The van der Waals surface area contributed by atoms with Crippen LogP contribution in [0.4, 0.5) is 0 Å². The predicted molar refractivity (Wildman–Crippen MR) is 76.6 cm³/mol. The smallest absolute Gasteiger partial charge is 0.255 e. The van der Waals surface area contributed by atoms with Crippen LogP contribution in [0.1, 0.15) is 55.6 Å². The quantitative estimate of drug-likeness (QED) is 0.855. The van der Waals surface area contributed by atoms with E-state index in [1.54, 1.807) is 12.3 Å². The van der Waals surface area contributed by atoms with Gasteiger partial charge in [-0.05, 0) is 37.7 Å². The van der Waals surface area contributed by atoms with Crippen molar-refractivity contribution in [3.8, 4) is 0 Å². The molecule has 0 aliphatic heterocycles. The first-order valence-electron chi connectivity index (χ1n) is 7.05. The van der Waals surface area contributed by atoms with Crippen molar-refractivity contribution in [2.75, 3.05) is 5.88 Å². The summed E-state index contributed by atoms with van der Waals surface area (Å²) in [5, 5.41) is 3.15. The van der Waals surface area contributed by atoms with Crippen molar-refractivity contribution in [1.82, 2.24) is 5.32 Å². The van der Waals surface area contributed by atoms with Crippen LogP contribution >= 0.6 is 11.6 Å². The van der Waals surface area contributed by atoms with Gasteiger partial charge in [0.15, 0.2) is 0 Å². The van der Waals surface area contributed by atoms with Gasteiger partial charge in [-0.15, -0.1) is 11.6 Å². The molecule has 0 aromatic carbocycles. The lowest BCUT2D eigenvalue weighted by atomic mass is 9.78. The minimum Gasteiger partial charge on any atom is -0.469 e. The number of alkyl halides is 1. The summed E-state index contributed by atoms with van der Waals surface area (Å²) in [7, 11) is 0. The Hall–Kier alpha value is -0.960. The van der Waals surface area contributed by atoms with Crippen LogP contribution in [-0.2, 0) is 6.42 Å². The zero-order valence-electron chi connectivity index (χ0n) is 11.7. The second-order valence-electron chi connectivity index (χ2n) is 5.66. The van der Waals surface area contributed by atoms with Gasteiger partial charge >= 0.3 is 0 Å². The predicted octanol–water partition coefficient (Wildman–Crippen LogP) is 3.76. The maximum Gasteiger partial charge on any atom is 0.255 e. The molecule has 1 amide bonds. The maximum atomic E-state index is 12.4. The van der Waals surface area contributed by atoms with Crippen LogP contribution in [-0.4, -0.2) is 17.3 Å². The monoisotopic (exact) mass is 283 g/mol. The number of hydrogen-bond donors (Lipinski definition) is 1. The van der Waals surface area contributed by atoms with Gasteiger partial charge in [0.1, 0.15) is 5.76 Å². The molecular weight excluding hydrogens is 262 g/mol. The van der Waals surface area contributed by atoms with Gasteiger partial charge in [-0.2, -0.15) is 0 Å². The largest absolute Gasteiger partial charge is 0.469 e. The number of aryl methyl sites for hydroxylation is 1. The highest BCUT2D eigenvalue weighted by atomic mass is 35.5. The third kappa shape index (κ3) is 3.14. The lowest BCUT2D eigenvalue weighted by molar-refractivity contribution is 0.0870. The molecule has 3 nitrogen and oxygen atoms in total. The molecule has 4 heteroatoms. The van der Waals surface area contributed by atoms with Gasteiger partial charge in [0.25, 0.3) is 5.91 Å². The van der Waals surface area contributed by atoms with E-state index in [2.05, 4.69) is 12.2 Å². The summed E-state index contributed by atoms with van der Waals surface area (Å²) in [5.74, 6) is 1.89. The molecule has 0 saturated heterocycles. The number of amides is 1. The number of carbonyl (C=O) groups is 1. The molecule has 0 unspecified atom stereocenters. The summed E-state index contributed by atoms with van der Waals surface area (Å²) in [6.07, 6.45) is 6.47. The summed E-state index contributed by atoms with van der Waals surface area (Å²) < 4.78 is 5.31. The molecule has 1 fully saturated rings. The van der Waals surface area contributed by atoms with Crippen molar-refractivity contribution in [2.24, 2.45) is 5.92 Å². The molecule has 1 N–H and O–H groups in total. The van der Waals surface area contributed by atoms with Gasteiger partial charge in [0.05, 0.1) is 17.4 Å². The van der Waals surface area contributed by atoms with Crippen LogP contribution < -0.4 is 5.32 Å². The minimum atomic E-state index is -0.243. The highest BCUT2D eigenvalue weighted by molar-refractivity contribution is 6.19. The molecule has 0 radical (unpaired) electrons. The summed E-state index contributed by atoms with van der Waals surface area (Å²) in [5.41, 5.74) is 0.401. The maximum absolute atomic E-state index is 12.4. The van der Waals surface area contributed by atoms with Gasteiger partial charge in [0, 0.05) is 12.3 Å². The second-order valence-corrected chi connectivity index (χ2v) is 5.93. The second kappa shape index (κ2) is 6.00. The van der Waals surface area contributed by atoms with Gasteiger partial charge in [0.2, 0.25) is 0 Å². The molecule has 0 bridgehead atoms. The lowest BCUT2D eigenvalue weighted by Crippen LogP contribution is -2.52. The fourth-order valence-electron chi connectivity index (χ4n) is 2.73. The van der Waals surface area contributed by atoms with Crippen molar-refractivity contribution in [3.63, 3.8) is 0 Å². The number of carbonyl (C=O) groups excluding carboxylic acids is 1. The van der Waals surface area contributed by atoms with E-state index in [9.17, 15) is 4.79 Å². The average molecular weight is 284 g/mol. The van der Waals surface area contributed by atoms with Crippen LogP contribution in [0.5, 0.6) is 0 Å². The first kappa shape index (κ1) is 14.4.